The number of carbonyl (C=O) groups is 1. The number of hydrogen-bond acceptors (Lipinski definition) is 5. The van der Waals surface area contributed by atoms with Crippen LogP contribution in [-0.4, -0.2) is 30.6 Å². The molecule has 2 N–H and O–H groups in total. The summed E-state index contributed by atoms with van der Waals surface area (Å²) in [7, 11) is 0. The molecule has 0 radical (unpaired) electrons. The summed E-state index contributed by atoms with van der Waals surface area (Å²) in [5.74, 6) is -3.74. The minimum Gasteiger partial charge on any atom is -0.588 e. The lowest BCUT2D eigenvalue weighted by Gasteiger charge is -2.13. The van der Waals surface area contributed by atoms with Crippen molar-refractivity contribution in [1.29, 1.82) is 0 Å². The fraction of sp³-hybridized carbons (Fsp3) is 0.118. The van der Waals surface area contributed by atoms with Crippen LogP contribution in [0.15, 0.2) is 47.5 Å². The van der Waals surface area contributed by atoms with Crippen molar-refractivity contribution in [3.8, 4) is 5.69 Å². The predicted molar refractivity (Wildman–Crippen MR) is 94.1 cm³/mol. The molecule has 27 heavy (non-hydrogen) atoms. The zero-order chi connectivity index (χ0) is 19.6. The van der Waals surface area contributed by atoms with Crippen LogP contribution in [0.5, 0.6) is 0 Å². The maximum absolute atomic E-state index is 13.9. The van der Waals surface area contributed by atoms with Gasteiger partial charge in [-0.1, -0.05) is 12.1 Å². The van der Waals surface area contributed by atoms with Gasteiger partial charge >= 0.3 is 5.97 Å². The molecule has 0 saturated heterocycles. The fourth-order valence-electron chi connectivity index (χ4n) is 2.26. The maximum Gasteiger partial charge on any atom is 0.338 e. The first-order valence-electron chi connectivity index (χ1n) is 7.81. The Hall–Kier alpha value is -2.98. The molecule has 140 valence electrons. The normalized spacial score (nSPS) is 12.0. The lowest BCUT2D eigenvalue weighted by Crippen LogP contribution is -2.15. The zero-order valence-electron chi connectivity index (χ0n) is 14.0. The van der Waals surface area contributed by atoms with Crippen LogP contribution < -0.4 is 4.72 Å². The molecule has 0 aliphatic heterocycles. The highest BCUT2D eigenvalue weighted by molar-refractivity contribution is 7.92. The lowest BCUT2D eigenvalue weighted by atomic mass is 10.2. The van der Waals surface area contributed by atoms with Crippen LogP contribution in [0.2, 0.25) is 0 Å². The van der Waals surface area contributed by atoms with Crippen molar-refractivity contribution in [2.75, 3.05) is 4.72 Å². The summed E-state index contributed by atoms with van der Waals surface area (Å²) < 4.78 is 43.9. The Morgan fingerprint density at radius 2 is 1.96 bits per heavy atom. The fourth-order valence-corrected chi connectivity index (χ4v) is 3.11. The molecule has 0 aliphatic rings. The molecule has 1 unspecified atom stereocenters. The van der Waals surface area contributed by atoms with Gasteiger partial charge in [-0.25, -0.2) is 23.0 Å². The third-order valence-electron chi connectivity index (χ3n) is 3.71. The molecular formula is C17H14F2N4O3S. The van der Waals surface area contributed by atoms with Gasteiger partial charge in [0, 0.05) is 6.07 Å². The highest BCUT2D eigenvalue weighted by atomic mass is 32.2. The minimum absolute atomic E-state index is 0.316. The van der Waals surface area contributed by atoms with E-state index in [1.54, 1.807) is 35.1 Å². The smallest absolute Gasteiger partial charge is 0.338 e. The number of halogens is 2. The summed E-state index contributed by atoms with van der Waals surface area (Å²) in [6.45, 7) is 1.96. The van der Waals surface area contributed by atoms with Gasteiger partial charge in [0.1, 0.15) is 22.9 Å². The van der Waals surface area contributed by atoms with E-state index in [4.69, 9.17) is 5.11 Å². The number of anilines is 1. The van der Waals surface area contributed by atoms with Crippen LogP contribution in [0.25, 0.3) is 5.69 Å². The summed E-state index contributed by atoms with van der Waals surface area (Å²) in [5, 5.41) is 16.7. The molecule has 0 saturated carbocycles. The number of aromatic carboxylic acids is 1. The predicted octanol–water partition coefficient (Wildman–Crippen LogP) is 2.94. The van der Waals surface area contributed by atoms with E-state index in [0.29, 0.717) is 22.7 Å². The second-order valence-electron chi connectivity index (χ2n) is 5.49. The first-order valence-corrected chi connectivity index (χ1v) is 8.96. The summed E-state index contributed by atoms with van der Waals surface area (Å²) in [6.07, 6.45) is 2.52. The van der Waals surface area contributed by atoms with Crippen molar-refractivity contribution in [3.63, 3.8) is 0 Å². The number of benzene rings is 2. The van der Waals surface area contributed by atoms with Crippen molar-refractivity contribution in [2.45, 2.75) is 18.2 Å². The summed E-state index contributed by atoms with van der Waals surface area (Å²) >= 11 is -1.88. The van der Waals surface area contributed by atoms with Gasteiger partial charge in [0.05, 0.1) is 23.1 Å². The van der Waals surface area contributed by atoms with E-state index in [1.807, 2.05) is 6.92 Å². The monoisotopic (exact) mass is 392 g/mol. The Morgan fingerprint density at radius 3 is 2.56 bits per heavy atom. The van der Waals surface area contributed by atoms with Gasteiger partial charge in [0.2, 0.25) is 0 Å². The average molecular weight is 392 g/mol. The molecule has 0 amide bonds. The summed E-state index contributed by atoms with van der Waals surface area (Å²) in [6, 6.07) is 7.61. The van der Waals surface area contributed by atoms with E-state index in [0.717, 1.165) is 12.1 Å². The third kappa shape index (κ3) is 4.07. The van der Waals surface area contributed by atoms with E-state index in [2.05, 4.69) is 15.0 Å². The number of hydrogen-bond donors (Lipinski definition) is 2. The molecule has 1 aromatic heterocycles. The van der Waals surface area contributed by atoms with E-state index in [1.165, 1.54) is 0 Å². The number of aryl methyl sites for hydroxylation is 1. The van der Waals surface area contributed by atoms with Crippen LogP contribution >= 0.6 is 0 Å². The third-order valence-corrected chi connectivity index (χ3v) is 4.81. The molecule has 0 spiro atoms. The number of aromatic nitrogens is 3. The van der Waals surface area contributed by atoms with Gasteiger partial charge in [0.15, 0.2) is 10.7 Å². The summed E-state index contributed by atoms with van der Waals surface area (Å²) in [4.78, 5) is 11.1. The van der Waals surface area contributed by atoms with Crippen molar-refractivity contribution in [3.05, 3.63) is 65.5 Å². The molecule has 0 fully saturated rings. The molecule has 1 heterocycles. The largest absolute Gasteiger partial charge is 0.588 e. The van der Waals surface area contributed by atoms with E-state index >= 15 is 0 Å². The molecule has 1 atom stereocenters. The standard InChI is InChI=1S/C17H14F2N4O3S/c1-2-10-9-23(22-20-10)11-3-5-12(6-4-11)27(26)21-16-8-14(18)13(17(24)25)7-15(16)19/h3-9,21H,2H2,1H3,(H,24,25). The Balaban J connectivity index is 1.77. The van der Waals surface area contributed by atoms with Gasteiger partial charge in [0.25, 0.3) is 0 Å². The topological polar surface area (TPSA) is 103 Å². The van der Waals surface area contributed by atoms with E-state index in [-0.39, 0.29) is 0 Å². The Bertz CT molecular complexity index is 979. The van der Waals surface area contributed by atoms with Crippen LogP contribution in [0.1, 0.15) is 23.0 Å². The first kappa shape index (κ1) is 18.8. The summed E-state index contributed by atoms with van der Waals surface area (Å²) in [5.41, 5.74) is 0.328. The number of carboxylic acids is 1. The number of carboxylic acid groups (broad SMARTS) is 1. The SMILES string of the molecule is CCc1cn(-c2ccc([S+]([O-])Nc3cc(F)c(C(=O)O)cc3F)cc2)nn1. The molecule has 7 nitrogen and oxygen atoms in total. The molecule has 3 aromatic rings. The van der Waals surface area contributed by atoms with E-state index in [9.17, 15) is 18.1 Å². The van der Waals surface area contributed by atoms with Crippen LogP contribution in [-0.2, 0) is 17.8 Å². The average Bonchev–Trinajstić information content (AvgIpc) is 3.13. The van der Waals surface area contributed by atoms with Gasteiger partial charge < -0.3 is 9.66 Å². The molecule has 10 heteroatoms. The van der Waals surface area contributed by atoms with Crippen LogP contribution in [0, 0.1) is 11.6 Å². The van der Waals surface area contributed by atoms with Gasteiger partial charge in [-0.3, -0.25) is 0 Å². The maximum atomic E-state index is 13.9. The second kappa shape index (κ2) is 7.72. The molecule has 0 aliphatic carbocycles. The van der Waals surface area contributed by atoms with Crippen LogP contribution in [0.3, 0.4) is 0 Å². The molecule has 0 bridgehead atoms. The number of nitrogens with one attached hydrogen (secondary N) is 1. The highest BCUT2D eigenvalue weighted by Gasteiger charge is 2.19. The number of nitrogens with zero attached hydrogens (tertiary/aromatic N) is 3. The Kier molecular flexibility index (Phi) is 5.38. The molecule has 2 aromatic carbocycles. The lowest BCUT2D eigenvalue weighted by molar-refractivity contribution is 0.0691. The van der Waals surface area contributed by atoms with E-state index < -0.39 is 40.2 Å². The van der Waals surface area contributed by atoms with Crippen molar-refractivity contribution in [2.24, 2.45) is 0 Å². The zero-order valence-corrected chi connectivity index (χ0v) is 14.8. The minimum atomic E-state index is -1.88. The van der Waals surface area contributed by atoms with Crippen molar-refractivity contribution < 1.29 is 23.2 Å². The highest BCUT2D eigenvalue weighted by Crippen LogP contribution is 2.23. The van der Waals surface area contributed by atoms with Gasteiger partial charge in [-0.2, -0.15) is 0 Å². The van der Waals surface area contributed by atoms with Crippen LogP contribution in [0.4, 0.5) is 14.5 Å². The molecule has 3 rings (SSSR count). The Morgan fingerprint density at radius 1 is 1.26 bits per heavy atom. The van der Waals surface area contributed by atoms with Crippen molar-refractivity contribution >= 4 is 23.0 Å². The van der Waals surface area contributed by atoms with Crippen molar-refractivity contribution in [1.82, 2.24) is 15.0 Å². The Labute approximate surface area is 156 Å². The van der Waals surface area contributed by atoms with Gasteiger partial charge in [-0.15, -0.1) is 5.10 Å². The van der Waals surface area contributed by atoms with Gasteiger partial charge in [-0.05, 0) is 36.8 Å². The molecular weight excluding hydrogens is 378 g/mol. The second-order valence-corrected chi connectivity index (χ2v) is 6.70. The quantitative estimate of drug-likeness (QED) is 0.625. The first-order chi connectivity index (χ1) is 12.9. The number of rotatable bonds is 6.